The minimum absolute atomic E-state index is 0.305. The van der Waals surface area contributed by atoms with Gasteiger partial charge in [0.05, 0.1) is 6.10 Å². The van der Waals surface area contributed by atoms with Gasteiger partial charge in [-0.2, -0.15) is 0 Å². The molecule has 0 aliphatic rings. The van der Waals surface area contributed by atoms with Gasteiger partial charge in [-0.15, -0.1) is 0 Å². The third kappa shape index (κ3) is 2.48. The van der Waals surface area contributed by atoms with Crippen molar-refractivity contribution in [3.05, 3.63) is 35.6 Å². The molecule has 2 atom stereocenters. The Morgan fingerprint density at radius 3 is 2.07 bits per heavy atom. The smallest absolute Gasteiger partial charge is 0.243 e. The zero-order valence-electron chi connectivity index (χ0n) is 7.62. The van der Waals surface area contributed by atoms with Crippen LogP contribution in [-0.4, -0.2) is 11.5 Å². The molecule has 0 fully saturated rings. The van der Waals surface area contributed by atoms with Crippen molar-refractivity contribution in [3.8, 4) is 0 Å². The molecule has 2 unspecified atom stereocenters. The average molecular weight is 204 g/mol. The fraction of sp³-hybridized carbons (Fsp3) is 0.400. The summed E-state index contributed by atoms with van der Waals surface area (Å²) in [6.45, 7) is 1.25. The van der Waals surface area contributed by atoms with Crippen LogP contribution in [-0.2, 0) is 0 Å². The zero-order chi connectivity index (χ0) is 10.7. The first-order valence-corrected chi connectivity index (χ1v) is 4.24. The molecule has 0 amide bonds. The van der Waals surface area contributed by atoms with Crippen molar-refractivity contribution in [1.29, 1.82) is 0 Å². The highest BCUT2D eigenvalue weighted by Crippen LogP contribution is 2.26. The van der Waals surface area contributed by atoms with Crippen molar-refractivity contribution >= 4 is 0 Å². The van der Waals surface area contributed by atoms with Gasteiger partial charge >= 0.3 is 0 Å². The van der Waals surface area contributed by atoms with E-state index in [1.807, 2.05) is 0 Å². The van der Waals surface area contributed by atoms with E-state index in [1.54, 1.807) is 0 Å². The molecule has 0 radical (unpaired) electrons. The van der Waals surface area contributed by atoms with Crippen LogP contribution in [0.4, 0.5) is 13.2 Å². The molecule has 78 valence electrons. The third-order valence-electron chi connectivity index (χ3n) is 2.11. The van der Waals surface area contributed by atoms with Gasteiger partial charge in [-0.25, -0.2) is 13.2 Å². The molecule has 0 bridgehead atoms. The van der Waals surface area contributed by atoms with Gasteiger partial charge in [-0.1, -0.05) is 19.1 Å². The predicted molar refractivity (Wildman–Crippen MR) is 46.5 cm³/mol. The Bertz CT molecular complexity index is 284. The SMILES string of the molecule is CC(C(F)F)C(O)c1ccc(F)cc1. The summed E-state index contributed by atoms with van der Waals surface area (Å²) in [7, 11) is 0. The van der Waals surface area contributed by atoms with Crippen LogP contribution in [0.25, 0.3) is 0 Å². The summed E-state index contributed by atoms with van der Waals surface area (Å²) in [5.41, 5.74) is 0.305. The number of hydrogen-bond donors (Lipinski definition) is 1. The number of hydrogen-bond acceptors (Lipinski definition) is 1. The second kappa shape index (κ2) is 4.46. The lowest BCUT2D eigenvalue weighted by molar-refractivity contribution is 0.000614. The molecular formula is C10H11F3O. The standard InChI is InChI=1S/C10H11F3O/c1-6(10(12)13)9(14)7-2-4-8(11)5-3-7/h2-6,9-10,14H,1H3. The van der Waals surface area contributed by atoms with Crippen LogP contribution in [0.3, 0.4) is 0 Å². The molecule has 1 nitrogen and oxygen atoms in total. The summed E-state index contributed by atoms with van der Waals surface area (Å²) in [4.78, 5) is 0. The molecule has 1 rings (SSSR count). The Morgan fingerprint density at radius 2 is 1.64 bits per heavy atom. The van der Waals surface area contributed by atoms with Gasteiger partial charge in [0.2, 0.25) is 6.43 Å². The Labute approximate surface area is 80.2 Å². The molecule has 0 saturated heterocycles. The minimum atomic E-state index is -2.59. The quantitative estimate of drug-likeness (QED) is 0.802. The summed E-state index contributed by atoms with van der Waals surface area (Å²) < 4.78 is 36.9. The zero-order valence-corrected chi connectivity index (χ0v) is 7.62. The first kappa shape index (κ1) is 11.0. The number of aliphatic hydroxyl groups is 1. The number of alkyl halides is 2. The molecule has 0 aliphatic heterocycles. The van der Waals surface area contributed by atoms with Crippen molar-refractivity contribution in [3.63, 3.8) is 0 Å². The maximum absolute atomic E-state index is 12.5. The lowest BCUT2D eigenvalue weighted by Crippen LogP contribution is -2.16. The van der Waals surface area contributed by atoms with Crippen LogP contribution in [0.15, 0.2) is 24.3 Å². The first-order chi connectivity index (χ1) is 6.52. The van der Waals surface area contributed by atoms with E-state index < -0.39 is 24.3 Å². The summed E-state index contributed by atoms with van der Waals surface area (Å²) in [6.07, 6.45) is -3.84. The van der Waals surface area contributed by atoms with Crippen molar-refractivity contribution in [2.45, 2.75) is 19.5 Å². The molecule has 14 heavy (non-hydrogen) atoms. The number of aliphatic hydroxyl groups excluding tert-OH is 1. The molecule has 1 aromatic carbocycles. The highest BCUT2D eigenvalue weighted by atomic mass is 19.3. The topological polar surface area (TPSA) is 20.2 Å². The maximum atomic E-state index is 12.5. The van der Waals surface area contributed by atoms with Gasteiger partial charge in [-0.3, -0.25) is 0 Å². The fourth-order valence-electron chi connectivity index (χ4n) is 1.10. The molecular weight excluding hydrogens is 193 g/mol. The first-order valence-electron chi connectivity index (χ1n) is 4.24. The molecule has 4 heteroatoms. The van der Waals surface area contributed by atoms with E-state index in [1.165, 1.54) is 19.1 Å². The van der Waals surface area contributed by atoms with E-state index >= 15 is 0 Å². The van der Waals surface area contributed by atoms with E-state index in [4.69, 9.17) is 0 Å². The van der Waals surface area contributed by atoms with Gasteiger partial charge in [0.1, 0.15) is 5.82 Å². The Balaban J connectivity index is 2.78. The highest BCUT2D eigenvalue weighted by Gasteiger charge is 2.24. The molecule has 0 saturated carbocycles. The second-order valence-corrected chi connectivity index (χ2v) is 3.19. The van der Waals surface area contributed by atoms with Crippen LogP contribution < -0.4 is 0 Å². The minimum Gasteiger partial charge on any atom is -0.388 e. The average Bonchev–Trinajstić information content (AvgIpc) is 2.16. The summed E-state index contributed by atoms with van der Waals surface area (Å²) in [6, 6.07) is 4.88. The van der Waals surface area contributed by atoms with Gasteiger partial charge < -0.3 is 5.11 Å². The van der Waals surface area contributed by atoms with E-state index in [2.05, 4.69) is 0 Å². The van der Waals surface area contributed by atoms with Crippen molar-refractivity contribution in [2.75, 3.05) is 0 Å². The molecule has 1 N–H and O–H groups in total. The summed E-state index contributed by atoms with van der Waals surface area (Å²) in [5.74, 6) is -1.61. The summed E-state index contributed by atoms with van der Waals surface area (Å²) in [5, 5.41) is 9.45. The van der Waals surface area contributed by atoms with E-state index in [0.717, 1.165) is 12.1 Å². The van der Waals surface area contributed by atoms with E-state index in [9.17, 15) is 18.3 Å². The lowest BCUT2D eigenvalue weighted by atomic mass is 9.98. The van der Waals surface area contributed by atoms with Gasteiger partial charge in [0.15, 0.2) is 0 Å². The van der Waals surface area contributed by atoms with Crippen LogP contribution in [0, 0.1) is 11.7 Å². The van der Waals surface area contributed by atoms with Crippen LogP contribution in [0.5, 0.6) is 0 Å². The number of rotatable bonds is 3. The predicted octanol–water partition coefficient (Wildman–Crippen LogP) is 2.76. The number of benzene rings is 1. The molecule has 0 spiro atoms. The van der Waals surface area contributed by atoms with Crippen LogP contribution in [0.2, 0.25) is 0 Å². The molecule has 1 aromatic rings. The molecule has 0 aromatic heterocycles. The fourth-order valence-corrected chi connectivity index (χ4v) is 1.10. The van der Waals surface area contributed by atoms with Gasteiger partial charge in [0, 0.05) is 5.92 Å². The maximum Gasteiger partial charge on any atom is 0.243 e. The summed E-state index contributed by atoms with van der Waals surface area (Å²) >= 11 is 0. The third-order valence-corrected chi connectivity index (χ3v) is 2.11. The monoisotopic (exact) mass is 204 g/mol. The van der Waals surface area contributed by atoms with E-state index in [-0.39, 0.29) is 0 Å². The lowest BCUT2D eigenvalue weighted by Gasteiger charge is -2.17. The largest absolute Gasteiger partial charge is 0.388 e. The van der Waals surface area contributed by atoms with Gasteiger partial charge in [0.25, 0.3) is 0 Å². The van der Waals surface area contributed by atoms with Crippen molar-refractivity contribution < 1.29 is 18.3 Å². The number of halogens is 3. The molecule has 0 heterocycles. The Morgan fingerprint density at radius 1 is 1.14 bits per heavy atom. The molecule has 0 aliphatic carbocycles. The van der Waals surface area contributed by atoms with Crippen LogP contribution in [0.1, 0.15) is 18.6 Å². The van der Waals surface area contributed by atoms with E-state index in [0.29, 0.717) is 5.56 Å². The Kier molecular flexibility index (Phi) is 3.52. The van der Waals surface area contributed by atoms with Crippen molar-refractivity contribution in [2.24, 2.45) is 5.92 Å². The van der Waals surface area contributed by atoms with Crippen molar-refractivity contribution in [1.82, 2.24) is 0 Å². The van der Waals surface area contributed by atoms with Crippen LogP contribution >= 0.6 is 0 Å². The highest BCUT2D eigenvalue weighted by molar-refractivity contribution is 5.19. The second-order valence-electron chi connectivity index (χ2n) is 3.19. The normalized spacial score (nSPS) is 15.6. The Hall–Kier alpha value is -1.03. The van der Waals surface area contributed by atoms with Gasteiger partial charge in [-0.05, 0) is 17.7 Å².